The third kappa shape index (κ3) is 2.34. The average molecular weight is 251 g/mol. The molecule has 5 nitrogen and oxygen atoms in total. The molecule has 0 aromatic heterocycles. The van der Waals surface area contributed by atoms with Crippen LogP contribution in [0.5, 0.6) is 11.5 Å². The average Bonchev–Trinajstić information content (AvgIpc) is 2.77. The molecule has 1 fully saturated rings. The quantitative estimate of drug-likeness (QED) is 0.826. The zero-order chi connectivity index (χ0) is 13.1. The van der Waals surface area contributed by atoms with Crippen molar-refractivity contribution in [2.24, 2.45) is 0 Å². The molecule has 1 N–H and O–H groups in total. The summed E-state index contributed by atoms with van der Waals surface area (Å²) in [4.78, 5) is 11.4. The van der Waals surface area contributed by atoms with Crippen molar-refractivity contribution in [2.45, 2.75) is 19.4 Å². The maximum Gasteiger partial charge on any atom is 0.328 e. The van der Waals surface area contributed by atoms with Gasteiger partial charge in [-0.15, -0.1) is 0 Å². The zero-order valence-corrected chi connectivity index (χ0v) is 10.8. The van der Waals surface area contributed by atoms with E-state index in [1.807, 2.05) is 19.1 Å². The number of aryl methyl sites for hydroxylation is 1. The summed E-state index contributed by atoms with van der Waals surface area (Å²) in [6, 6.07) is 3.43. The molecule has 1 saturated heterocycles. The monoisotopic (exact) mass is 251 g/mol. The van der Waals surface area contributed by atoms with E-state index in [4.69, 9.17) is 14.2 Å². The summed E-state index contributed by atoms with van der Waals surface area (Å²) in [5.41, 5.74) is 1.85. The predicted octanol–water partition coefficient (Wildman–Crippen LogP) is 1.74. The second kappa shape index (κ2) is 5.16. The standard InChI is InChI=1S/C13H17NO4/c1-8-6-11(16-2)12(17-3)7-10(8)14-9-4-5-18-13(9)15/h6-7,9,14H,4-5H2,1-3H3/t9-/m0/s1. The molecule has 0 saturated carbocycles. The van der Waals surface area contributed by atoms with Crippen LogP contribution < -0.4 is 14.8 Å². The molecule has 98 valence electrons. The topological polar surface area (TPSA) is 56.8 Å². The maximum absolute atomic E-state index is 11.4. The van der Waals surface area contributed by atoms with Crippen molar-refractivity contribution < 1.29 is 19.0 Å². The van der Waals surface area contributed by atoms with Crippen molar-refractivity contribution in [3.63, 3.8) is 0 Å². The Bertz CT molecular complexity index is 459. The summed E-state index contributed by atoms with van der Waals surface area (Å²) in [7, 11) is 3.18. The van der Waals surface area contributed by atoms with E-state index in [0.29, 0.717) is 24.5 Å². The number of benzene rings is 1. The van der Waals surface area contributed by atoms with E-state index in [2.05, 4.69) is 5.32 Å². The fourth-order valence-corrected chi connectivity index (χ4v) is 1.95. The molecule has 0 aliphatic carbocycles. The first-order valence-electron chi connectivity index (χ1n) is 5.81. The largest absolute Gasteiger partial charge is 0.493 e. The van der Waals surface area contributed by atoms with Crippen molar-refractivity contribution in [3.05, 3.63) is 17.7 Å². The third-order valence-corrected chi connectivity index (χ3v) is 3.00. The highest BCUT2D eigenvalue weighted by atomic mass is 16.5. The summed E-state index contributed by atoms with van der Waals surface area (Å²) in [5.74, 6) is 1.11. The van der Waals surface area contributed by atoms with Gasteiger partial charge in [-0.3, -0.25) is 0 Å². The smallest absolute Gasteiger partial charge is 0.328 e. The molecule has 1 aliphatic heterocycles. The molecule has 1 heterocycles. The summed E-state index contributed by atoms with van der Waals surface area (Å²) in [5, 5.41) is 3.17. The van der Waals surface area contributed by atoms with Crippen molar-refractivity contribution in [1.82, 2.24) is 0 Å². The minimum atomic E-state index is -0.276. The lowest BCUT2D eigenvalue weighted by Gasteiger charge is -2.16. The van der Waals surface area contributed by atoms with Crippen LogP contribution in [0.1, 0.15) is 12.0 Å². The number of carbonyl (C=O) groups excluding carboxylic acids is 1. The van der Waals surface area contributed by atoms with Crippen molar-refractivity contribution in [2.75, 3.05) is 26.1 Å². The first kappa shape index (κ1) is 12.5. The first-order chi connectivity index (χ1) is 8.65. The number of hydrogen-bond acceptors (Lipinski definition) is 5. The van der Waals surface area contributed by atoms with Gasteiger partial charge in [0, 0.05) is 18.2 Å². The summed E-state index contributed by atoms with van der Waals surface area (Å²) in [6.45, 7) is 2.42. The van der Waals surface area contributed by atoms with E-state index >= 15 is 0 Å². The highest BCUT2D eigenvalue weighted by molar-refractivity contribution is 5.81. The highest BCUT2D eigenvalue weighted by Crippen LogP contribution is 2.33. The summed E-state index contributed by atoms with van der Waals surface area (Å²) < 4.78 is 15.4. The second-order valence-electron chi connectivity index (χ2n) is 4.18. The lowest BCUT2D eigenvalue weighted by molar-refractivity contribution is -0.138. The summed E-state index contributed by atoms with van der Waals surface area (Å²) >= 11 is 0. The van der Waals surface area contributed by atoms with Crippen LogP contribution in [0.15, 0.2) is 12.1 Å². The van der Waals surface area contributed by atoms with Gasteiger partial charge >= 0.3 is 5.97 Å². The van der Waals surface area contributed by atoms with Crippen molar-refractivity contribution >= 4 is 11.7 Å². The Labute approximate surface area is 106 Å². The number of ether oxygens (including phenoxy) is 3. The van der Waals surface area contributed by atoms with E-state index in [1.54, 1.807) is 14.2 Å². The Morgan fingerprint density at radius 1 is 1.28 bits per heavy atom. The van der Waals surface area contributed by atoms with Crippen LogP contribution in [-0.2, 0) is 9.53 Å². The van der Waals surface area contributed by atoms with E-state index in [1.165, 1.54) is 0 Å². The lowest BCUT2D eigenvalue weighted by atomic mass is 10.1. The Morgan fingerprint density at radius 3 is 2.50 bits per heavy atom. The molecule has 1 aromatic rings. The first-order valence-corrected chi connectivity index (χ1v) is 5.81. The molecule has 0 radical (unpaired) electrons. The van der Waals surface area contributed by atoms with Crippen molar-refractivity contribution in [1.29, 1.82) is 0 Å². The predicted molar refractivity (Wildman–Crippen MR) is 67.3 cm³/mol. The van der Waals surface area contributed by atoms with Crippen LogP contribution in [0.2, 0.25) is 0 Å². The van der Waals surface area contributed by atoms with Crippen LogP contribution >= 0.6 is 0 Å². The molecule has 1 atom stereocenters. The number of esters is 1. The third-order valence-electron chi connectivity index (χ3n) is 3.00. The minimum absolute atomic E-state index is 0.204. The highest BCUT2D eigenvalue weighted by Gasteiger charge is 2.26. The maximum atomic E-state index is 11.4. The number of methoxy groups -OCH3 is 2. The van der Waals surface area contributed by atoms with Gasteiger partial charge in [0.1, 0.15) is 6.04 Å². The molecule has 1 aliphatic rings. The number of carbonyl (C=O) groups is 1. The Hall–Kier alpha value is -1.91. The molecule has 1 aromatic carbocycles. The van der Waals surface area contributed by atoms with Gasteiger partial charge in [0.2, 0.25) is 0 Å². The molecule has 0 bridgehead atoms. The van der Waals surface area contributed by atoms with Crippen LogP contribution in [0.4, 0.5) is 5.69 Å². The van der Waals surface area contributed by atoms with Gasteiger partial charge in [0.25, 0.3) is 0 Å². The fourth-order valence-electron chi connectivity index (χ4n) is 1.95. The normalized spacial score (nSPS) is 18.4. The van der Waals surface area contributed by atoms with Crippen LogP contribution in [0, 0.1) is 6.92 Å². The number of hydrogen-bond donors (Lipinski definition) is 1. The molecule has 18 heavy (non-hydrogen) atoms. The number of cyclic esters (lactones) is 1. The van der Waals surface area contributed by atoms with Crippen molar-refractivity contribution in [3.8, 4) is 11.5 Å². The Kier molecular flexibility index (Phi) is 3.60. The van der Waals surface area contributed by atoms with Gasteiger partial charge in [-0.1, -0.05) is 0 Å². The number of anilines is 1. The van der Waals surface area contributed by atoms with Crippen LogP contribution in [-0.4, -0.2) is 32.8 Å². The molecule has 0 amide bonds. The second-order valence-corrected chi connectivity index (χ2v) is 4.18. The summed E-state index contributed by atoms with van der Waals surface area (Å²) in [6.07, 6.45) is 0.687. The van der Waals surface area contributed by atoms with Gasteiger partial charge in [-0.25, -0.2) is 4.79 Å². The van der Waals surface area contributed by atoms with Gasteiger partial charge in [0.15, 0.2) is 11.5 Å². The van der Waals surface area contributed by atoms with Gasteiger partial charge in [-0.05, 0) is 18.6 Å². The van der Waals surface area contributed by atoms with Crippen LogP contribution in [0.25, 0.3) is 0 Å². The zero-order valence-electron chi connectivity index (χ0n) is 10.8. The lowest BCUT2D eigenvalue weighted by Crippen LogP contribution is -2.24. The SMILES string of the molecule is COc1cc(C)c(N[C@H]2CCOC2=O)cc1OC. The van der Waals surface area contributed by atoms with Crippen LogP contribution in [0.3, 0.4) is 0 Å². The molecule has 2 rings (SSSR count). The van der Waals surface area contributed by atoms with E-state index in [9.17, 15) is 4.79 Å². The van der Waals surface area contributed by atoms with E-state index in [0.717, 1.165) is 11.3 Å². The Balaban J connectivity index is 2.24. The number of rotatable bonds is 4. The van der Waals surface area contributed by atoms with E-state index < -0.39 is 0 Å². The van der Waals surface area contributed by atoms with Gasteiger partial charge in [-0.2, -0.15) is 0 Å². The molecule has 0 spiro atoms. The fraction of sp³-hybridized carbons (Fsp3) is 0.462. The molecular formula is C13H17NO4. The molecule has 5 heteroatoms. The van der Waals surface area contributed by atoms with Gasteiger partial charge < -0.3 is 19.5 Å². The number of nitrogens with one attached hydrogen (secondary N) is 1. The van der Waals surface area contributed by atoms with Gasteiger partial charge in [0.05, 0.1) is 20.8 Å². The minimum Gasteiger partial charge on any atom is -0.493 e. The Morgan fingerprint density at radius 2 is 1.94 bits per heavy atom. The van der Waals surface area contributed by atoms with E-state index in [-0.39, 0.29) is 12.0 Å². The molecule has 0 unspecified atom stereocenters. The molecular weight excluding hydrogens is 234 g/mol.